The van der Waals surface area contributed by atoms with Gasteiger partial charge in [-0.05, 0) is 45.1 Å². The van der Waals surface area contributed by atoms with Crippen LogP contribution >= 0.6 is 0 Å². The van der Waals surface area contributed by atoms with E-state index >= 15 is 0 Å². The van der Waals surface area contributed by atoms with Crippen molar-refractivity contribution in [1.29, 1.82) is 0 Å². The average Bonchev–Trinajstić information content (AvgIpc) is 3.05. The van der Waals surface area contributed by atoms with Crippen molar-refractivity contribution in [3.05, 3.63) is 42.2 Å². The van der Waals surface area contributed by atoms with E-state index in [4.69, 9.17) is 0 Å². The number of amides is 2. The van der Waals surface area contributed by atoms with Crippen molar-refractivity contribution in [3.8, 4) is 0 Å². The summed E-state index contributed by atoms with van der Waals surface area (Å²) in [4.78, 5) is 28.8. The molecule has 25 heavy (non-hydrogen) atoms. The lowest BCUT2D eigenvalue weighted by Gasteiger charge is -2.31. The third kappa shape index (κ3) is 4.20. The molecule has 1 aliphatic rings. The van der Waals surface area contributed by atoms with E-state index in [1.165, 1.54) is 0 Å². The number of nitrogens with zero attached hydrogens (tertiary/aromatic N) is 3. The van der Waals surface area contributed by atoms with Crippen molar-refractivity contribution in [2.24, 2.45) is 5.92 Å². The van der Waals surface area contributed by atoms with Gasteiger partial charge in [0.2, 0.25) is 5.91 Å². The fourth-order valence-corrected chi connectivity index (χ4v) is 3.25. The van der Waals surface area contributed by atoms with E-state index in [1.807, 2.05) is 65.0 Å². The summed E-state index contributed by atoms with van der Waals surface area (Å²) in [6.45, 7) is 2.78. The highest BCUT2D eigenvalue weighted by Crippen LogP contribution is 2.20. The van der Waals surface area contributed by atoms with Gasteiger partial charge in [0, 0.05) is 50.0 Å². The van der Waals surface area contributed by atoms with Crippen LogP contribution in [0.2, 0.25) is 0 Å². The smallest absolute Gasteiger partial charge is 0.255 e. The van der Waals surface area contributed by atoms with Crippen LogP contribution in [0.5, 0.6) is 0 Å². The maximum absolute atomic E-state index is 12.7. The van der Waals surface area contributed by atoms with E-state index in [2.05, 4.69) is 5.32 Å². The van der Waals surface area contributed by atoms with E-state index in [9.17, 15) is 9.59 Å². The van der Waals surface area contributed by atoms with E-state index in [-0.39, 0.29) is 17.7 Å². The Morgan fingerprint density at radius 2 is 2.00 bits per heavy atom. The molecule has 2 aromatic rings. The number of likely N-dealkylation sites (tertiary alicyclic amines) is 1. The van der Waals surface area contributed by atoms with Crippen LogP contribution in [-0.2, 0) is 4.79 Å². The summed E-state index contributed by atoms with van der Waals surface area (Å²) in [5.74, 6) is 0.179. The van der Waals surface area contributed by atoms with Gasteiger partial charge in [0.25, 0.3) is 5.91 Å². The van der Waals surface area contributed by atoms with Crippen molar-refractivity contribution in [3.63, 3.8) is 0 Å². The summed E-state index contributed by atoms with van der Waals surface area (Å²) >= 11 is 0. The van der Waals surface area contributed by atoms with Crippen LogP contribution in [0, 0.1) is 5.92 Å². The number of nitrogens with one attached hydrogen (secondary N) is 1. The number of hydrogen-bond acceptors (Lipinski definition) is 3. The zero-order chi connectivity index (χ0) is 17.8. The van der Waals surface area contributed by atoms with Crippen molar-refractivity contribution >= 4 is 17.3 Å². The maximum atomic E-state index is 12.7. The predicted molar refractivity (Wildman–Crippen MR) is 97.6 cm³/mol. The standard InChI is InChI=1S/C19H26N4O2/c1-21(2)12-8-20-18(24)15-6-10-22(11-7-15)19(25)16-13-17-5-3-4-9-23(17)14-16/h3-5,9,13-15H,6-8,10-12H2,1-2H3,(H,20,24). The van der Waals surface area contributed by atoms with Crippen LogP contribution in [0.4, 0.5) is 0 Å². The number of fused-ring (bicyclic) bond motifs is 1. The van der Waals surface area contributed by atoms with Gasteiger partial charge in [0.1, 0.15) is 0 Å². The minimum Gasteiger partial charge on any atom is -0.355 e. The number of piperidine rings is 1. The van der Waals surface area contributed by atoms with Crippen molar-refractivity contribution in [2.45, 2.75) is 12.8 Å². The first-order valence-electron chi connectivity index (χ1n) is 8.83. The van der Waals surface area contributed by atoms with E-state index in [0.717, 1.165) is 24.9 Å². The quantitative estimate of drug-likeness (QED) is 0.895. The SMILES string of the molecule is CN(C)CCNC(=O)C1CCN(C(=O)c2cc3ccccn3c2)CC1. The third-order valence-corrected chi connectivity index (χ3v) is 4.76. The molecule has 0 saturated carbocycles. The monoisotopic (exact) mass is 342 g/mol. The molecule has 1 aliphatic heterocycles. The summed E-state index contributed by atoms with van der Waals surface area (Å²) in [6, 6.07) is 7.81. The highest BCUT2D eigenvalue weighted by atomic mass is 16.2. The number of rotatable bonds is 5. The Kier molecular flexibility index (Phi) is 5.38. The summed E-state index contributed by atoms with van der Waals surface area (Å²) in [7, 11) is 3.98. The molecule has 134 valence electrons. The number of likely N-dealkylation sites (N-methyl/N-ethyl adjacent to an activating group) is 1. The van der Waals surface area contributed by atoms with E-state index < -0.39 is 0 Å². The molecule has 2 aromatic heterocycles. The molecule has 2 amide bonds. The Hall–Kier alpha value is -2.34. The molecule has 0 aromatic carbocycles. The van der Waals surface area contributed by atoms with Gasteiger partial charge in [-0.2, -0.15) is 0 Å². The van der Waals surface area contributed by atoms with Crippen LogP contribution in [-0.4, -0.2) is 66.3 Å². The molecule has 0 aliphatic carbocycles. The molecular weight excluding hydrogens is 316 g/mol. The second kappa shape index (κ2) is 7.70. The van der Waals surface area contributed by atoms with Crippen LogP contribution in [0.1, 0.15) is 23.2 Å². The number of carbonyl (C=O) groups is 2. The van der Waals surface area contributed by atoms with E-state index in [0.29, 0.717) is 25.2 Å². The maximum Gasteiger partial charge on any atom is 0.255 e. The molecule has 0 atom stereocenters. The molecule has 0 spiro atoms. The topological polar surface area (TPSA) is 57.1 Å². The summed E-state index contributed by atoms with van der Waals surface area (Å²) < 4.78 is 1.96. The minimum absolute atomic E-state index is 0.0133. The lowest BCUT2D eigenvalue weighted by atomic mass is 9.95. The molecule has 3 heterocycles. The Labute approximate surface area is 148 Å². The number of carbonyl (C=O) groups excluding carboxylic acids is 2. The Balaban J connectivity index is 1.53. The van der Waals surface area contributed by atoms with Gasteiger partial charge in [-0.25, -0.2) is 0 Å². The molecule has 1 saturated heterocycles. The highest BCUT2D eigenvalue weighted by Gasteiger charge is 2.28. The van der Waals surface area contributed by atoms with Gasteiger partial charge in [-0.1, -0.05) is 6.07 Å². The van der Waals surface area contributed by atoms with E-state index in [1.54, 1.807) is 0 Å². The molecule has 0 radical (unpaired) electrons. The van der Waals surface area contributed by atoms with Crippen LogP contribution < -0.4 is 5.32 Å². The van der Waals surface area contributed by atoms with Crippen LogP contribution in [0.3, 0.4) is 0 Å². The molecule has 6 heteroatoms. The van der Waals surface area contributed by atoms with Gasteiger partial charge in [0.05, 0.1) is 5.56 Å². The second-order valence-corrected chi connectivity index (χ2v) is 6.92. The first-order chi connectivity index (χ1) is 12.0. The molecule has 1 N–H and O–H groups in total. The average molecular weight is 342 g/mol. The number of pyridine rings is 1. The summed E-state index contributed by atoms with van der Waals surface area (Å²) in [5, 5.41) is 2.99. The first-order valence-corrected chi connectivity index (χ1v) is 8.83. The molecule has 3 rings (SSSR count). The minimum atomic E-state index is 0.0133. The number of aromatic nitrogens is 1. The molecule has 6 nitrogen and oxygen atoms in total. The largest absolute Gasteiger partial charge is 0.355 e. The second-order valence-electron chi connectivity index (χ2n) is 6.92. The Bertz CT molecular complexity index is 712. The summed E-state index contributed by atoms with van der Waals surface area (Å²) in [6.07, 6.45) is 5.27. The normalized spacial score (nSPS) is 15.7. The van der Waals surface area contributed by atoms with Gasteiger partial charge in [-0.3, -0.25) is 9.59 Å². The highest BCUT2D eigenvalue weighted by molar-refractivity contribution is 5.95. The Morgan fingerprint density at radius 3 is 2.68 bits per heavy atom. The first kappa shape index (κ1) is 17.5. The van der Waals surface area contributed by atoms with Crippen molar-refractivity contribution in [2.75, 3.05) is 40.3 Å². The van der Waals surface area contributed by atoms with Crippen LogP contribution in [0.15, 0.2) is 36.7 Å². The molecular formula is C19H26N4O2. The van der Waals surface area contributed by atoms with Gasteiger partial charge in [-0.15, -0.1) is 0 Å². The zero-order valence-electron chi connectivity index (χ0n) is 14.9. The lowest BCUT2D eigenvalue weighted by Crippen LogP contribution is -2.43. The van der Waals surface area contributed by atoms with Crippen molar-refractivity contribution in [1.82, 2.24) is 19.5 Å². The molecule has 1 fully saturated rings. The van der Waals surface area contributed by atoms with Crippen LogP contribution in [0.25, 0.3) is 5.52 Å². The zero-order valence-corrected chi connectivity index (χ0v) is 14.9. The van der Waals surface area contributed by atoms with Crippen molar-refractivity contribution < 1.29 is 9.59 Å². The summed E-state index contributed by atoms with van der Waals surface area (Å²) in [5.41, 5.74) is 1.72. The fraction of sp³-hybridized carbons (Fsp3) is 0.474. The lowest BCUT2D eigenvalue weighted by molar-refractivity contribution is -0.126. The molecule has 0 unspecified atom stereocenters. The van der Waals surface area contributed by atoms with Gasteiger partial charge < -0.3 is 19.5 Å². The fourth-order valence-electron chi connectivity index (χ4n) is 3.25. The molecule has 0 bridgehead atoms. The number of hydrogen-bond donors (Lipinski definition) is 1. The predicted octanol–water partition coefficient (Wildman–Crippen LogP) is 1.47. The van der Waals surface area contributed by atoms with Gasteiger partial charge >= 0.3 is 0 Å². The van der Waals surface area contributed by atoms with Gasteiger partial charge in [0.15, 0.2) is 0 Å². The third-order valence-electron chi connectivity index (χ3n) is 4.76. The Morgan fingerprint density at radius 1 is 1.24 bits per heavy atom.